The van der Waals surface area contributed by atoms with E-state index in [2.05, 4.69) is 10.1 Å². The second kappa shape index (κ2) is 7.24. The summed E-state index contributed by atoms with van der Waals surface area (Å²) < 4.78 is 4.68. The van der Waals surface area contributed by atoms with Crippen molar-refractivity contribution in [3.05, 3.63) is 57.2 Å². The Balaban J connectivity index is 2.17. The highest BCUT2D eigenvalue weighted by molar-refractivity contribution is 7.08. The minimum absolute atomic E-state index is 0.0635. The third-order valence-electron chi connectivity index (χ3n) is 2.96. The van der Waals surface area contributed by atoms with Gasteiger partial charge in [0, 0.05) is 10.4 Å². The van der Waals surface area contributed by atoms with Gasteiger partial charge in [-0.15, -0.1) is 0 Å². The summed E-state index contributed by atoms with van der Waals surface area (Å²) >= 11 is 7.30. The predicted molar refractivity (Wildman–Crippen MR) is 82.6 cm³/mol. The first kappa shape index (κ1) is 15.5. The number of hydrogen-bond acceptors (Lipinski definition) is 4. The fourth-order valence-corrected chi connectivity index (χ4v) is 2.59. The Morgan fingerprint density at radius 3 is 2.57 bits per heavy atom. The molecular weight excluding hydrogens is 310 g/mol. The molecule has 0 spiro atoms. The maximum absolute atomic E-state index is 12.1. The van der Waals surface area contributed by atoms with Crippen molar-refractivity contribution in [3.8, 4) is 0 Å². The van der Waals surface area contributed by atoms with Crippen LogP contribution in [0.25, 0.3) is 0 Å². The van der Waals surface area contributed by atoms with Gasteiger partial charge < -0.3 is 10.1 Å². The number of ether oxygens (including phenoxy) is 1. The lowest BCUT2D eigenvalue weighted by molar-refractivity contribution is -0.141. The Bertz CT molecular complexity index is 610. The third kappa shape index (κ3) is 4.31. The Morgan fingerprint density at radius 2 is 2.00 bits per heavy atom. The molecule has 1 aromatic heterocycles. The summed E-state index contributed by atoms with van der Waals surface area (Å²) in [7, 11) is 1.32. The molecule has 0 saturated carbocycles. The van der Waals surface area contributed by atoms with E-state index in [1.54, 1.807) is 35.7 Å². The molecule has 0 radical (unpaired) electrons. The molecule has 110 valence electrons. The molecule has 2 rings (SSSR count). The van der Waals surface area contributed by atoms with Gasteiger partial charge in [0.2, 0.25) is 0 Å². The van der Waals surface area contributed by atoms with Crippen molar-refractivity contribution in [2.24, 2.45) is 0 Å². The van der Waals surface area contributed by atoms with Crippen LogP contribution in [0, 0.1) is 0 Å². The first-order chi connectivity index (χ1) is 10.1. The van der Waals surface area contributed by atoms with Gasteiger partial charge in [-0.2, -0.15) is 11.3 Å². The van der Waals surface area contributed by atoms with Crippen LogP contribution in [0.15, 0.2) is 41.1 Å². The number of carbonyl (C=O) groups excluding carboxylic acids is 2. The molecule has 1 heterocycles. The van der Waals surface area contributed by atoms with Gasteiger partial charge in [0.25, 0.3) is 5.91 Å². The molecule has 1 amide bonds. The molecule has 4 nitrogen and oxygen atoms in total. The molecule has 0 aliphatic carbocycles. The van der Waals surface area contributed by atoms with Crippen LogP contribution in [0.3, 0.4) is 0 Å². The van der Waals surface area contributed by atoms with Crippen LogP contribution >= 0.6 is 22.9 Å². The summed E-state index contributed by atoms with van der Waals surface area (Å²) in [5, 5.41) is 7.02. The van der Waals surface area contributed by atoms with Gasteiger partial charge in [-0.05, 0) is 29.1 Å². The van der Waals surface area contributed by atoms with E-state index in [-0.39, 0.29) is 18.3 Å². The molecule has 0 bridgehead atoms. The smallest absolute Gasteiger partial charge is 0.307 e. The van der Waals surface area contributed by atoms with Gasteiger partial charge in [-0.3, -0.25) is 9.59 Å². The molecule has 2 aromatic rings. The van der Waals surface area contributed by atoms with E-state index in [9.17, 15) is 9.59 Å². The number of benzene rings is 1. The highest BCUT2D eigenvalue weighted by Gasteiger charge is 2.19. The predicted octanol–water partition coefficient (Wildman–Crippen LogP) is 3.44. The number of amides is 1. The SMILES string of the molecule is COC(=O)C[C@@H](NC(=O)c1ccsc1)c1ccc(Cl)cc1. The Hall–Kier alpha value is -1.85. The summed E-state index contributed by atoms with van der Waals surface area (Å²) in [5.74, 6) is -0.610. The van der Waals surface area contributed by atoms with Gasteiger partial charge in [-0.1, -0.05) is 23.7 Å². The minimum atomic E-state index is -0.456. The van der Waals surface area contributed by atoms with Crippen molar-refractivity contribution in [2.45, 2.75) is 12.5 Å². The van der Waals surface area contributed by atoms with Crippen molar-refractivity contribution in [2.75, 3.05) is 7.11 Å². The highest BCUT2D eigenvalue weighted by atomic mass is 35.5. The van der Waals surface area contributed by atoms with Crippen LogP contribution in [0.5, 0.6) is 0 Å². The second-order valence-corrected chi connectivity index (χ2v) is 5.59. The Labute approximate surface area is 131 Å². The summed E-state index contributed by atoms with van der Waals surface area (Å²) in [6.07, 6.45) is 0.0635. The van der Waals surface area contributed by atoms with Crippen LogP contribution in [0.2, 0.25) is 5.02 Å². The van der Waals surface area contributed by atoms with E-state index in [0.717, 1.165) is 5.56 Å². The van der Waals surface area contributed by atoms with Gasteiger partial charge in [0.05, 0.1) is 25.1 Å². The summed E-state index contributed by atoms with van der Waals surface area (Å²) in [6, 6.07) is 8.28. The molecule has 1 atom stereocenters. The summed E-state index contributed by atoms with van der Waals surface area (Å²) in [5.41, 5.74) is 1.37. The fourth-order valence-electron chi connectivity index (χ4n) is 1.83. The van der Waals surface area contributed by atoms with Crippen molar-refractivity contribution in [1.29, 1.82) is 0 Å². The van der Waals surface area contributed by atoms with Crippen molar-refractivity contribution in [3.63, 3.8) is 0 Å². The number of methoxy groups -OCH3 is 1. The molecule has 1 aromatic carbocycles. The number of esters is 1. The first-order valence-electron chi connectivity index (χ1n) is 6.25. The van der Waals surface area contributed by atoms with E-state index in [1.807, 2.05) is 5.38 Å². The average Bonchev–Trinajstić information content (AvgIpc) is 3.01. The molecule has 0 fully saturated rings. The lowest BCUT2D eigenvalue weighted by atomic mass is 10.0. The van der Waals surface area contributed by atoms with E-state index in [1.165, 1.54) is 18.4 Å². The zero-order chi connectivity index (χ0) is 15.2. The lowest BCUT2D eigenvalue weighted by Crippen LogP contribution is -2.30. The molecule has 6 heteroatoms. The largest absolute Gasteiger partial charge is 0.469 e. The van der Waals surface area contributed by atoms with Gasteiger partial charge >= 0.3 is 5.97 Å². The monoisotopic (exact) mass is 323 g/mol. The van der Waals surface area contributed by atoms with Gasteiger partial charge in [0.1, 0.15) is 0 Å². The van der Waals surface area contributed by atoms with E-state index in [0.29, 0.717) is 10.6 Å². The number of nitrogens with one attached hydrogen (secondary N) is 1. The van der Waals surface area contributed by atoms with Crippen molar-refractivity contribution >= 4 is 34.8 Å². The topological polar surface area (TPSA) is 55.4 Å². The number of hydrogen-bond donors (Lipinski definition) is 1. The third-order valence-corrected chi connectivity index (χ3v) is 3.89. The lowest BCUT2D eigenvalue weighted by Gasteiger charge is -2.18. The van der Waals surface area contributed by atoms with Crippen LogP contribution in [0.4, 0.5) is 0 Å². The normalized spacial score (nSPS) is 11.7. The van der Waals surface area contributed by atoms with Crippen molar-refractivity contribution < 1.29 is 14.3 Å². The second-order valence-electron chi connectivity index (χ2n) is 4.37. The zero-order valence-corrected chi connectivity index (χ0v) is 12.9. The molecule has 0 unspecified atom stereocenters. The highest BCUT2D eigenvalue weighted by Crippen LogP contribution is 2.21. The Morgan fingerprint density at radius 1 is 1.29 bits per heavy atom. The molecular formula is C15H14ClNO3S. The average molecular weight is 324 g/mol. The number of rotatable bonds is 5. The summed E-state index contributed by atoms with van der Waals surface area (Å²) in [6.45, 7) is 0. The maximum Gasteiger partial charge on any atom is 0.307 e. The quantitative estimate of drug-likeness (QED) is 0.858. The fraction of sp³-hybridized carbons (Fsp3) is 0.200. The van der Waals surface area contributed by atoms with E-state index >= 15 is 0 Å². The van der Waals surface area contributed by atoms with Gasteiger partial charge in [-0.25, -0.2) is 0 Å². The Kier molecular flexibility index (Phi) is 5.36. The van der Waals surface area contributed by atoms with Crippen molar-refractivity contribution in [1.82, 2.24) is 5.32 Å². The van der Waals surface area contributed by atoms with Crippen LogP contribution < -0.4 is 5.32 Å². The molecule has 0 aliphatic heterocycles. The summed E-state index contributed by atoms with van der Waals surface area (Å²) in [4.78, 5) is 23.7. The van der Waals surface area contributed by atoms with E-state index < -0.39 is 6.04 Å². The van der Waals surface area contributed by atoms with Crippen LogP contribution in [-0.4, -0.2) is 19.0 Å². The van der Waals surface area contributed by atoms with Crippen LogP contribution in [-0.2, 0) is 9.53 Å². The molecule has 1 N–H and O–H groups in total. The van der Waals surface area contributed by atoms with Crippen LogP contribution in [0.1, 0.15) is 28.4 Å². The van der Waals surface area contributed by atoms with Gasteiger partial charge in [0.15, 0.2) is 0 Å². The minimum Gasteiger partial charge on any atom is -0.469 e. The van der Waals surface area contributed by atoms with E-state index in [4.69, 9.17) is 11.6 Å². The number of thiophene rings is 1. The molecule has 0 aliphatic rings. The maximum atomic E-state index is 12.1. The number of halogens is 1. The molecule has 0 saturated heterocycles. The zero-order valence-electron chi connectivity index (χ0n) is 11.3. The number of carbonyl (C=O) groups is 2. The first-order valence-corrected chi connectivity index (χ1v) is 7.57. The standard InChI is InChI=1S/C15H14ClNO3S/c1-20-14(18)8-13(10-2-4-12(16)5-3-10)17-15(19)11-6-7-21-9-11/h2-7,9,13H,8H2,1H3,(H,17,19)/t13-/m1/s1. The molecule has 21 heavy (non-hydrogen) atoms.